The zero-order chi connectivity index (χ0) is 54.0. The van der Waals surface area contributed by atoms with E-state index in [1.54, 1.807) is 0 Å². The van der Waals surface area contributed by atoms with E-state index in [1.165, 1.54) is 22.3 Å². The molecule has 0 amide bonds. The lowest BCUT2D eigenvalue weighted by atomic mass is 9.71. The summed E-state index contributed by atoms with van der Waals surface area (Å²) >= 11 is -1.89. The topological polar surface area (TPSA) is 121 Å². The van der Waals surface area contributed by atoms with Gasteiger partial charge in [-0.3, -0.25) is 0 Å². The number of benzene rings is 4. The molecule has 2 N–H and O–H groups in total. The van der Waals surface area contributed by atoms with E-state index in [9.17, 15) is 0 Å². The standard InChI is InChI=1S/2C30H45O4P.Al.H2O/c2*1-18-19-14-25(23(29(8,9)10)16-21(19)27(2,3)4)33-35(31,32)34-26-15-20(18)22(28(5,6)7)17-24(26)30(11,12)13;;/h2*14-18H,1-13H3,(H,31,32);;1H2/q;;+2;/p-2. The summed E-state index contributed by atoms with van der Waals surface area (Å²) in [5.41, 5.74) is 9.69. The summed E-state index contributed by atoms with van der Waals surface area (Å²) in [6.45, 7) is 56.6. The van der Waals surface area contributed by atoms with Crippen LogP contribution in [0.15, 0.2) is 48.5 Å². The fourth-order valence-corrected chi connectivity index (χ4v) is 13.8. The van der Waals surface area contributed by atoms with Crippen molar-refractivity contribution in [3.63, 3.8) is 0 Å². The minimum atomic E-state index is -4.68. The summed E-state index contributed by atoms with van der Waals surface area (Å²) in [7, 11) is -9.36. The predicted molar refractivity (Wildman–Crippen MR) is 300 cm³/mol. The molecule has 0 fully saturated rings. The molecule has 72 heavy (non-hydrogen) atoms. The molecule has 12 heteroatoms. The minimum Gasteiger partial charge on any atom is -0.412 e. The minimum absolute atomic E-state index is 0. The Morgan fingerprint density at radius 3 is 0.653 bits per heavy atom. The highest BCUT2D eigenvalue weighted by atomic mass is 31.2. The van der Waals surface area contributed by atoms with Gasteiger partial charge in [0.15, 0.2) is 0 Å². The van der Waals surface area contributed by atoms with Gasteiger partial charge in [0.2, 0.25) is 0 Å². The zero-order valence-electron chi connectivity index (χ0n) is 49.0. The second kappa shape index (κ2) is 19.2. The van der Waals surface area contributed by atoms with Gasteiger partial charge in [0, 0.05) is 34.1 Å². The van der Waals surface area contributed by atoms with E-state index in [0.29, 0.717) is 23.0 Å². The van der Waals surface area contributed by atoms with Crippen LogP contribution in [0.5, 0.6) is 23.0 Å². The maximum Gasteiger partial charge on any atom is 0.689 e. The number of phosphoric ester groups is 2. The van der Waals surface area contributed by atoms with Crippen molar-refractivity contribution in [2.45, 2.75) is 235 Å². The fraction of sp³-hybridized carbons (Fsp3) is 0.600. The number of hydrogen-bond acceptors (Lipinski definition) is 8. The van der Waals surface area contributed by atoms with Gasteiger partial charge in [-0.25, -0.2) is 9.13 Å². The van der Waals surface area contributed by atoms with E-state index in [-0.39, 0.29) is 39.0 Å². The molecule has 9 nitrogen and oxygen atoms in total. The van der Waals surface area contributed by atoms with Crippen LogP contribution in [-0.2, 0) is 59.6 Å². The van der Waals surface area contributed by atoms with Crippen molar-refractivity contribution < 1.29 is 39.9 Å². The molecule has 0 spiro atoms. The van der Waals surface area contributed by atoms with Gasteiger partial charge in [0.05, 0.1) is 0 Å². The second-order valence-corrected chi connectivity index (χ2v) is 33.2. The van der Waals surface area contributed by atoms with Crippen LogP contribution in [0.4, 0.5) is 0 Å². The van der Waals surface area contributed by atoms with Crippen LogP contribution < -0.4 is 18.1 Å². The van der Waals surface area contributed by atoms with Crippen LogP contribution in [0.3, 0.4) is 0 Å². The van der Waals surface area contributed by atoms with Crippen molar-refractivity contribution in [1.82, 2.24) is 0 Å². The average molecular weight is 1040 g/mol. The van der Waals surface area contributed by atoms with Gasteiger partial charge in [-0.05, 0) is 112 Å². The molecule has 2 aliphatic rings. The quantitative estimate of drug-likeness (QED) is 0.146. The van der Waals surface area contributed by atoms with E-state index in [4.69, 9.17) is 25.2 Å². The summed E-state index contributed by atoms with van der Waals surface area (Å²) in [6, 6.07) is 17.0. The van der Waals surface area contributed by atoms with Gasteiger partial charge < -0.3 is 30.7 Å². The molecule has 0 aliphatic carbocycles. The molecule has 4 aromatic carbocycles. The second-order valence-electron chi connectivity index (χ2n) is 28.8. The molecule has 4 aromatic rings. The van der Waals surface area contributed by atoms with Crippen molar-refractivity contribution in [1.29, 1.82) is 0 Å². The van der Waals surface area contributed by atoms with Gasteiger partial charge in [-0.2, -0.15) is 0 Å². The summed E-state index contributed by atoms with van der Waals surface area (Å²) in [6.07, 6.45) is 0. The maximum absolute atomic E-state index is 15.9. The monoisotopic (exact) mass is 1040 g/mol. The van der Waals surface area contributed by atoms with Crippen LogP contribution >= 0.6 is 15.6 Å². The first-order chi connectivity index (χ1) is 31.8. The van der Waals surface area contributed by atoms with Gasteiger partial charge in [-0.15, -0.1) is 0 Å². The Bertz CT molecular complexity index is 2440. The van der Waals surface area contributed by atoms with Crippen molar-refractivity contribution in [3.05, 3.63) is 115 Å². The Kier molecular flexibility index (Phi) is 16.0. The first kappa shape index (κ1) is 59.8. The zero-order valence-corrected chi connectivity index (χ0v) is 52.0. The first-order valence-electron chi connectivity index (χ1n) is 25.7. The SMILES string of the molecule is CC1c2cc(c(C(C)(C)C)cc2C(C)(C)C)OP(=O)([O][Al][O]P2(=O)Oc3cc(c(C(C)(C)C)cc3C(C)(C)C)C(C)c3cc(c(C(C)(C)C)cc3C(C)(C)C)O2)Oc2cc1c(C(C)(C)C)cc2C(C)(C)C.O. The summed E-state index contributed by atoms with van der Waals surface area (Å²) < 4.78 is 71.7. The van der Waals surface area contributed by atoms with Gasteiger partial charge in [0.25, 0.3) is 0 Å². The van der Waals surface area contributed by atoms with Crippen LogP contribution in [0.2, 0.25) is 0 Å². The number of rotatable bonds is 4. The summed E-state index contributed by atoms with van der Waals surface area (Å²) in [5, 5.41) is 0. The lowest BCUT2D eigenvalue weighted by Gasteiger charge is -2.37. The molecular weight excluding hydrogens is 954 g/mol. The van der Waals surface area contributed by atoms with E-state index in [1.807, 2.05) is 24.3 Å². The smallest absolute Gasteiger partial charge is 0.412 e. The van der Waals surface area contributed by atoms with Crippen LogP contribution in [-0.4, -0.2) is 21.4 Å². The number of fused-ring (bicyclic) bond motifs is 8. The third-order valence-electron chi connectivity index (χ3n) is 14.1. The Morgan fingerprint density at radius 2 is 0.500 bits per heavy atom. The third-order valence-corrected chi connectivity index (χ3v) is 18.6. The molecule has 0 atom stereocenters. The highest BCUT2D eigenvalue weighted by Gasteiger charge is 2.44. The normalized spacial score (nSPS) is 21.0. The van der Waals surface area contributed by atoms with Crippen LogP contribution in [0, 0.1) is 0 Å². The molecule has 6 rings (SSSR count). The highest BCUT2D eigenvalue weighted by Crippen LogP contribution is 2.60. The van der Waals surface area contributed by atoms with Crippen LogP contribution in [0.1, 0.15) is 259 Å². The third kappa shape index (κ3) is 12.4. The lowest BCUT2D eigenvalue weighted by Crippen LogP contribution is -2.25. The van der Waals surface area contributed by atoms with E-state index >= 15 is 9.13 Å². The van der Waals surface area contributed by atoms with E-state index in [0.717, 1.165) is 44.5 Å². The summed E-state index contributed by atoms with van der Waals surface area (Å²) in [5.74, 6) is 1.41. The van der Waals surface area contributed by atoms with Gasteiger partial charge in [0.1, 0.15) is 23.0 Å². The molecule has 0 unspecified atom stereocenters. The molecule has 397 valence electrons. The number of hydrogen-bond donors (Lipinski definition) is 0. The lowest BCUT2D eigenvalue weighted by molar-refractivity contribution is 0.259. The van der Waals surface area contributed by atoms with Crippen LogP contribution in [0.25, 0.3) is 0 Å². The molecule has 8 bridgehead atoms. The Hall–Kier alpha value is -3.05. The fourth-order valence-electron chi connectivity index (χ4n) is 10.1. The first-order valence-corrected chi connectivity index (χ1v) is 29.5. The number of phosphoric acid groups is 2. The Labute approximate surface area is 442 Å². The van der Waals surface area contributed by atoms with Crippen molar-refractivity contribution in [3.8, 4) is 23.0 Å². The van der Waals surface area contributed by atoms with Gasteiger partial charge in [-0.1, -0.05) is 204 Å². The Morgan fingerprint density at radius 1 is 0.333 bits per heavy atom. The molecule has 0 saturated carbocycles. The van der Waals surface area contributed by atoms with Crippen molar-refractivity contribution in [2.75, 3.05) is 0 Å². The predicted octanol–water partition coefficient (Wildman–Crippen LogP) is 17.6. The Balaban J connectivity index is 0.00000963. The molecule has 0 aromatic heterocycles. The van der Waals surface area contributed by atoms with E-state index < -0.39 is 53.2 Å². The van der Waals surface area contributed by atoms with Gasteiger partial charge >= 0.3 is 31.5 Å². The van der Waals surface area contributed by atoms with E-state index in [2.05, 4.69) is 204 Å². The molecular formula is C60H90AlO9P2. The van der Waals surface area contributed by atoms with Crippen molar-refractivity contribution in [2.24, 2.45) is 0 Å². The molecule has 2 aliphatic heterocycles. The average Bonchev–Trinajstić information content (AvgIpc) is 3.15. The van der Waals surface area contributed by atoms with Crippen molar-refractivity contribution >= 4 is 31.5 Å². The molecule has 1 radical (unpaired) electrons. The molecule has 0 saturated heterocycles. The molecule has 2 heterocycles. The summed E-state index contributed by atoms with van der Waals surface area (Å²) in [4.78, 5) is 0. The highest BCUT2D eigenvalue weighted by molar-refractivity contribution is 7.52. The maximum atomic E-state index is 15.9. The largest absolute Gasteiger partial charge is 0.689 e.